The van der Waals surface area contributed by atoms with Crippen LogP contribution < -0.4 is 10.1 Å². The predicted molar refractivity (Wildman–Crippen MR) is 122 cm³/mol. The molecule has 0 radical (unpaired) electrons. The van der Waals surface area contributed by atoms with Crippen LogP contribution in [0.25, 0.3) is 10.9 Å². The van der Waals surface area contributed by atoms with Gasteiger partial charge in [-0.2, -0.15) is 0 Å². The van der Waals surface area contributed by atoms with Gasteiger partial charge in [0.05, 0.1) is 5.02 Å². The van der Waals surface area contributed by atoms with E-state index in [9.17, 15) is 14.3 Å². The Morgan fingerprint density at radius 1 is 1.09 bits per heavy atom. The summed E-state index contributed by atoms with van der Waals surface area (Å²) < 4.78 is 19.0. The van der Waals surface area contributed by atoms with Crippen molar-refractivity contribution in [1.29, 1.82) is 0 Å². The van der Waals surface area contributed by atoms with Crippen LogP contribution in [0.2, 0.25) is 5.02 Å². The zero-order valence-electron chi connectivity index (χ0n) is 17.1. The molecule has 3 aromatic carbocycles. The average Bonchev–Trinajstić information content (AvgIpc) is 3.19. The van der Waals surface area contributed by atoms with Crippen LogP contribution in [-0.4, -0.2) is 22.1 Å². The quantitative estimate of drug-likeness (QED) is 0.321. The number of rotatable bonds is 9. The number of aliphatic carboxylic acids is 1. The van der Waals surface area contributed by atoms with Crippen molar-refractivity contribution in [2.24, 2.45) is 0 Å². The third kappa shape index (κ3) is 5.28. The zero-order chi connectivity index (χ0) is 22.5. The van der Waals surface area contributed by atoms with Crippen molar-refractivity contribution in [2.45, 2.75) is 25.6 Å². The van der Waals surface area contributed by atoms with Gasteiger partial charge in [0.15, 0.2) is 0 Å². The lowest BCUT2D eigenvalue weighted by atomic mass is 10.0. The summed E-state index contributed by atoms with van der Waals surface area (Å²) in [5.74, 6) is -0.686. The largest absolute Gasteiger partial charge is 0.489 e. The van der Waals surface area contributed by atoms with Crippen molar-refractivity contribution in [1.82, 2.24) is 10.3 Å². The SMILES string of the molecule is O=C(O)C(Cc1c[nH]c2ccccc12)NCc1cccc(OCc2ccc(F)cc2Cl)c1. The van der Waals surface area contributed by atoms with Crippen LogP contribution in [0.3, 0.4) is 0 Å². The van der Waals surface area contributed by atoms with Crippen molar-refractivity contribution in [2.75, 3.05) is 0 Å². The van der Waals surface area contributed by atoms with E-state index in [-0.39, 0.29) is 6.61 Å². The standard InChI is InChI=1S/C25H22ClFN2O3/c26-22-12-19(27)9-8-17(22)15-32-20-5-3-4-16(10-20)13-28-24(25(30)31)11-18-14-29-23-7-2-1-6-21(18)23/h1-10,12,14,24,28-29H,11,13,15H2,(H,30,31). The number of carboxylic acid groups (broad SMARTS) is 1. The molecule has 0 spiro atoms. The average molecular weight is 453 g/mol. The molecule has 1 unspecified atom stereocenters. The molecule has 5 nitrogen and oxygen atoms in total. The number of halogens is 2. The molecular formula is C25H22ClFN2O3. The Labute approximate surface area is 189 Å². The molecule has 0 fully saturated rings. The first-order chi connectivity index (χ1) is 15.5. The second-order valence-corrected chi connectivity index (χ2v) is 7.91. The molecule has 0 aliphatic rings. The normalized spacial score (nSPS) is 12.1. The zero-order valence-corrected chi connectivity index (χ0v) is 17.9. The highest BCUT2D eigenvalue weighted by atomic mass is 35.5. The summed E-state index contributed by atoms with van der Waals surface area (Å²) in [5, 5.41) is 14.2. The fourth-order valence-corrected chi connectivity index (χ4v) is 3.78. The smallest absolute Gasteiger partial charge is 0.321 e. The maximum atomic E-state index is 13.2. The van der Waals surface area contributed by atoms with Gasteiger partial charge < -0.3 is 20.1 Å². The lowest BCUT2D eigenvalue weighted by Crippen LogP contribution is -2.38. The fourth-order valence-electron chi connectivity index (χ4n) is 3.55. The van der Waals surface area contributed by atoms with E-state index < -0.39 is 17.8 Å². The first-order valence-corrected chi connectivity index (χ1v) is 10.5. The second-order valence-electron chi connectivity index (χ2n) is 7.51. The monoisotopic (exact) mass is 452 g/mol. The Balaban J connectivity index is 1.39. The molecule has 7 heteroatoms. The number of aromatic nitrogens is 1. The molecule has 32 heavy (non-hydrogen) atoms. The van der Waals surface area contributed by atoms with Crippen molar-refractivity contribution in [3.05, 3.63) is 100 Å². The van der Waals surface area contributed by atoms with E-state index >= 15 is 0 Å². The van der Waals surface area contributed by atoms with Gasteiger partial charge in [0.25, 0.3) is 0 Å². The topological polar surface area (TPSA) is 74.3 Å². The molecule has 4 aromatic rings. The number of hydrogen-bond acceptors (Lipinski definition) is 3. The molecule has 1 atom stereocenters. The molecular weight excluding hydrogens is 431 g/mol. The van der Waals surface area contributed by atoms with Crippen LogP contribution in [0.15, 0.2) is 72.9 Å². The Morgan fingerprint density at radius 3 is 2.75 bits per heavy atom. The van der Waals surface area contributed by atoms with E-state index in [0.717, 1.165) is 22.0 Å². The van der Waals surface area contributed by atoms with E-state index in [0.29, 0.717) is 29.3 Å². The minimum absolute atomic E-state index is 0.203. The van der Waals surface area contributed by atoms with Crippen LogP contribution >= 0.6 is 11.6 Å². The van der Waals surface area contributed by atoms with Gasteiger partial charge in [0.1, 0.15) is 24.2 Å². The van der Waals surface area contributed by atoms with Crippen LogP contribution in [-0.2, 0) is 24.4 Å². The minimum Gasteiger partial charge on any atom is -0.489 e. The Bertz CT molecular complexity index is 1240. The molecule has 164 valence electrons. The Kier molecular flexibility index (Phi) is 6.73. The van der Waals surface area contributed by atoms with E-state index in [4.69, 9.17) is 16.3 Å². The second kappa shape index (κ2) is 9.85. The number of ether oxygens (including phenoxy) is 1. The van der Waals surface area contributed by atoms with E-state index in [1.165, 1.54) is 12.1 Å². The maximum Gasteiger partial charge on any atom is 0.321 e. The molecule has 4 rings (SSSR count). The summed E-state index contributed by atoms with van der Waals surface area (Å²) in [7, 11) is 0. The number of hydrogen-bond donors (Lipinski definition) is 3. The fraction of sp³-hybridized carbons (Fsp3) is 0.160. The number of aromatic amines is 1. The number of carbonyl (C=O) groups is 1. The predicted octanol–water partition coefficient (Wildman–Crippen LogP) is 5.32. The van der Waals surface area contributed by atoms with Gasteiger partial charge in [0, 0.05) is 35.6 Å². The molecule has 1 heterocycles. The summed E-state index contributed by atoms with van der Waals surface area (Å²) in [6.07, 6.45) is 2.22. The molecule has 3 N–H and O–H groups in total. The number of H-pyrrole nitrogens is 1. The minimum atomic E-state index is -0.909. The van der Waals surface area contributed by atoms with Gasteiger partial charge in [-0.15, -0.1) is 0 Å². The Hall–Kier alpha value is -3.35. The van der Waals surface area contributed by atoms with Gasteiger partial charge in [-0.1, -0.05) is 48.0 Å². The van der Waals surface area contributed by atoms with Gasteiger partial charge >= 0.3 is 5.97 Å². The first kappa shape index (κ1) is 21.9. The first-order valence-electron chi connectivity index (χ1n) is 10.2. The van der Waals surface area contributed by atoms with Gasteiger partial charge in [-0.05, 0) is 41.5 Å². The third-order valence-electron chi connectivity index (χ3n) is 5.26. The maximum absolute atomic E-state index is 13.2. The molecule has 0 amide bonds. The van der Waals surface area contributed by atoms with E-state index in [2.05, 4.69) is 10.3 Å². The van der Waals surface area contributed by atoms with E-state index in [1.54, 1.807) is 6.07 Å². The number of fused-ring (bicyclic) bond motifs is 1. The number of carboxylic acids is 1. The molecule has 1 aromatic heterocycles. The lowest BCUT2D eigenvalue weighted by molar-refractivity contribution is -0.139. The van der Waals surface area contributed by atoms with Crippen LogP contribution in [0.1, 0.15) is 16.7 Å². The molecule has 0 aliphatic heterocycles. The van der Waals surface area contributed by atoms with Crippen molar-refractivity contribution < 1.29 is 19.0 Å². The number of para-hydroxylation sites is 1. The van der Waals surface area contributed by atoms with Crippen LogP contribution in [0.4, 0.5) is 4.39 Å². The molecule has 0 saturated heterocycles. The molecule has 0 saturated carbocycles. The summed E-state index contributed by atoms with van der Waals surface area (Å²) >= 11 is 6.05. The van der Waals surface area contributed by atoms with Gasteiger partial charge in [-0.3, -0.25) is 4.79 Å². The lowest BCUT2D eigenvalue weighted by Gasteiger charge is -2.15. The van der Waals surface area contributed by atoms with Gasteiger partial charge in [-0.25, -0.2) is 4.39 Å². The molecule has 0 bridgehead atoms. The highest BCUT2D eigenvalue weighted by molar-refractivity contribution is 6.31. The van der Waals surface area contributed by atoms with Crippen LogP contribution in [0.5, 0.6) is 5.75 Å². The number of benzene rings is 3. The summed E-state index contributed by atoms with van der Waals surface area (Å²) in [5.41, 5.74) is 3.51. The van der Waals surface area contributed by atoms with E-state index in [1.807, 2.05) is 54.7 Å². The number of nitrogens with one attached hydrogen (secondary N) is 2. The van der Waals surface area contributed by atoms with Crippen molar-refractivity contribution in [3.63, 3.8) is 0 Å². The summed E-state index contributed by atoms with van der Waals surface area (Å²) in [6, 6.07) is 18.6. The third-order valence-corrected chi connectivity index (χ3v) is 5.61. The highest BCUT2D eigenvalue weighted by Crippen LogP contribution is 2.22. The molecule has 0 aliphatic carbocycles. The summed E-state index contributed by atoms with van der Waals surface area (Å²) in [4.78, 5) is 15.0. The van der Waals surface area contributed by atoms with Crippen molar-refractivity contribution >= 4 is 28.5 Å². The summed E-state index contributed by atoms with van der Waals surface area (Å²) in [6.45, 7) is 0.572. The Morgan fingerprint density at radius 2 is 1.94 bits per heavy atom. The van der Waals surface area contributed by atoms with Gasteiger partial charge in [0.2, 0.25) is 0 Å². The van der Waals surface area contributed by atoms with Crippen LogP contribution in [0, 0.1) is 5.82 Å². The van der Waals surface area contributed by atoms with Crippen molar-refractivity contribution in [3.8, 4) is 5.75 Å². The highest BCUT2D eigenvalue weighted by Gasteiger charge is 2.19.